The van der Waals surface area contributed by atoms with Crippen molar-refractivity contribution >= 4 is 50.7 Å². The molecule has 10 heteroatoms. The van der Waals surface area contributed by atoms with Gasteiger partial charge in [0.05, 0.1) is 15.8 Å². The van der Waals surface area contributed by atoms with Gasteiger partial charge in [-0.25, -0.2) is 0 Å². The molecule has 0 spiro atoms. The van der Waals surface area contributed by atoms with E-state index in [1.54, 1.807) is 31.2 Å². The SMILES string of the molecule is CC(Sc1nnc2c(Cl)cc(C(F)(F)F)cn12)C(=O)c1ccc(Br)cc1. The zero-order chi connectivity index (χ0) is 19.1. The van der Waals surface area contributed by atoms with Crippen molar-refractivity contribution in [1.29, 1.82) is 0 Å². The van der Waals surface area contributed by atoms with Crippen molar-refractivity contribution in [2.75, 3.05) is 0 Å². The second-order valence-corrected chi connectivity index (χ2v) is 8.01. The highest BCUT2D eigenvalue weighted by Gasteiger charge is 2.32. The van der Waals surface area contributed by atoms with Gasteiger partial charge in [0.15, 0.2) is 16.6 Å². The summed E-state index contributed by atoms with van der Waals surface area (Å²) >= 11 is 10.2. The Balaban J connectivity index is 1.92. The number of hydrogen-bond donors (Lipinski definition) is 0. The second-order valence-electron chi connectivity index (χ2n) is 5.38. The number of ketones is 1. The normalized spacial score (nSPS) is 13.2. The number of nitrogens with zero attached hydrogens (tertiary/aromatic N) is 3. The van der Waals surface area contributed by atoms with Crippen LogP contribution in [0.15, 0.2) is 46.2 Å². The van der Waals surface area contributed by atoms with Crippen LogP contribution in [0.5, 0.6) is 0 Å². The zero-order valence-corrected chi connectivity index (χ0v) is 16.2. The summed E-state index contributed by atoms with van der Waals surface area (Å²) in [4.78, 5) is 12.5. The van der Waals surface area contributed by atoms with Crippen molar-refractivity contribution in [3.05, 3.63) is 57.2 Å². The van der Waals surface area contributed by atoms with Crippen LogP contribution >= 0.6 is 39.3 Å². The Hall–Kier alpha value is -1.58. The third-order valence-corrected chi connectivity index (χ3v) is 5.40. The molecule has 4 nitrogen and oxygen atoms in total. The highest BCUT2D eigenvalue weighted by Crippen LogP contribution is 2.34. The van der Waals surface area contributed by atoms with Crippen molar-refractivity contribution < 1.29 is 18.0 Å². The Morgan fingerprint density at radius 2 is 1.92 bits per heavy atom. The van der Waals surface area contributed by atoms with Crippen molar-refractivity contribution in [2.45, 2.75) is 23.5 Å². The molecule has 0 saturated heterocycles. The minimum absolute atomic E-state index is 0.102. The van der Waals surface area contributed by atoms with Gasteiger partial charge in [0.25, 0.3) is 0 Å². The number of pyridine rings is 1. The van der Waals surface area contributed by atoms with E-state index in [-0.39, 0.29) is 21.6 Å². The fourth-order valence-corrected chi connectivity index (χ4v) is 3.64. The van der Waals surface area contributed by atoms with Crippen LogP contribution in [0.3, 0.4) is 0 Å². The average molecular weight is 465 g/mol. The molecule has 1 aromatic carbocycles. The van der Waals surface area contributed by atoms with Gasteiger partial charge in [0.1, 0.15) is 0 Å². The molecule has 2 aromatic heterocycles. The molecule has 3 aromatic rings. The van der Waals surface area contributed by atoms with E-state index in [1.165, 1.54) is 0 Å². The van der Waals surface area contributed by atoms with Crippen molar-refractivity contribution in [3.8, 4) is 0 Å². The van der Waals surface area contributed by atoms with E-state index >= 15 is 0 Å². The maximum atomic E-state index is 13.0. The smallest absolute Gasteiger partial charge is 0.293 e. The molecule has 2 heterocycles. The Bertz CT molecular complexity index is 975. The third-order valence-electron chi connectivity index (χ3n) is 3.54. The number of benzene rings is 1. The quantitative estimate of drug-likeness (QED) is 0.376. The van der Waals surface area contributed by atoms with Gasteiger partial charge in [0, 0.05) is 16.2 Å². The van der Waals surface area contributed by atoms with Gasteiger partial charge in [-0.05, 0) is 25.1 Å². The summed E-state index contributed by atoms with van der Waals surface area (Å²) in [6.07, 6.45) is -3.68. The van der Waals surface area contributed by atoms with Crippen LogP contribution in [0.1, 0.15) is 22.8 Å². The summed E-state index contributed by atoms with van der Waals surface area (Å²) in [7, 11) is 0. The van der Waals surface area contributed by atoms with E-state index in [2.05, 4.69) is 26.1 Å². The van der Waals surface area contributed by atoms with E-state index in [4.69, 9.17) is 11.6 Å². The van der Waals surface area contributed by atoms with Gasteiger partial charge in [-0.2, -0.15) is 13.2 Å². The van der Waals surface area contributed by atoms with Crippen LogP contribution in [0.4, 0.5) is 13.2 Å². The average Bonchev–Trinajstić information content (AvgIpc) is 2.97. The van der Waals surface area contributed by atoms with Crippen LogP contribution in [0.25, 0.3) is 5.65 Å². The maximum absolute atomic E-state index is 13.0. The second kappa shape index (κ2) is 7.21. The molecule has 3 rings (SSSR count). The van der Waals surface area contributed by atoms with Gasteiger partial charge in [0.2, 0.25) is 0 Å². The highest BCUT2D eigenvalue weighted by molar-refractivity contribution is 9.10. The molecule has 0 N–H and O–H groups in total. The summed E-state index contributed by atoms with van der Waals surface area (Å²) in [5.41, 5.74) is -0.315. The first-order valence-corrected chi connectivity index (χ1v) is 9.30. The topological polar surface area (TPSA) is 47.3 Å². The van der Waals surface area contributed by atoms with E-state index < -0.39 is 17.0 Å². The Morgan fingerprint density at radius 3 is 2.54 bits per heavy atom. The lowest BCUT2D eigenvalue weighted by Crippen LogP contribution is -2.14. The van der Waals surface area contributed by atoms with E-state index in [0.29, 0.717) is 5.56 Å². The molecular formula is C16H10BrClF3N3OS. The van der Waals surface area contributed by atoms with Gasteiger partial charge in [-0.15, -0.1) is 10.2 Å². The largest absolute Gasteiger partial charge is 0.417 e. The molecule has 1 atom stereocenters. The predicted octanol–water partition coefficient (Wildman–Crippen LogP) is 5.53. The predicted molar refractivity (Wildman–Crippen MR) is 96.8 cm³/mol. The molecule has 26 heavy (non-hydrogen) atoms. The van der Waals surface area contributed by atoms with Crippen molar-refractivity contribution in [2.24, 2.45) is 0 Å². The Kier molecular flexibility index (Phi) is 5.32. The molecule has 0 aliphatic heterocycles. The first-order valence-electron chi connectivity index (χ1n) is 7.24. The number of rotatable bonds is 4. The first kappa shape index (κ1) is 19.2. The number of thioether (sulfide) groups is 1. The van der Waals surface area contributed by atoms with Crippen molar-refractivity contribution in [1.82, 2.24) is 14.6 Å². The van der Waals surface area contributed by atoms with Gasteiger partial charge in [-0.1, -0.05) is 51.4 Å². The lowest BCUT2D eigenvalue weighted by molar-refractivity contribution is -0.137. The zero-order valence-electron chi connectivity index (χ0n) is 13.1. The first-order chi connectivity index (χ1) is 12.2. The van der Waals surface area contributed by atoms with Crippen LogP contribution in [0, 0.1) is 0 Å². The minimum atomic E-state index is -4.55. The van der Waals surface area contributed by atoms with Gasteiger partial charge >= 0.3 is 6.18 Å². The number of alkyl halides is 3. The molecule has 136 valence electrons. The lowest BCUT2D eigenvalue weighted by Gasteiger charge is -2.11. The maximum Gasteiger partial charge on any atom is 0.417 e. The van der Waals surface area contributed by atoms with E-state index in [0.717, 1.165) is 32.9 Å². The summed E-state index contributed by atoms with van der Waals surface area (Å²) in [5, 5.41) is 7.11. The minimum Gasteiger partial charge on any atom is -0.293 e. The molecule has 0 amide bonds. The standard InChI is InChI=1S/C16H10BrClF3N3OS/c1-8(13(25)9-2-4-11(17)5-3-9)26-15-23-22-14-12(18)6-10(7-24(14)15)16(19,20)21/h2-8H,1H3. The molecule has 0 aliphatic rings. The van der Waals surface area contributed by atoms with Crippen LogP contribution in [0.2, 0.25) is 5.02 Å². The van der Waals surface area contributed by atoms with Gasteiger partial charge in [-0.3, -0.25) is 9.20 Å². The molecule has 0 fully saturated rings. The number of fused-ring (bicyclic) bond motifs is 1. The third kappa shape index (κ3) is 3.89. The summed E-state index contributed by atoms with van der Waals surface area (Å²) < 4.78 is 41.0. The highest BCUT2D eigenvalue weighted by atomic mass is 79.9. The Morgan fingerprint density at radius 1 is 1.27 bits per heavy atom. The van der Waals surface area contributed by atoms with Gasteiger partial charge < -0.3 is 0 Å². The van der Waals surface area contributed by atoms with Crippen LogP contribution in [-0.4, -0.2) is 25.6 Å². The number of carbonyl (C=O) groups is 1. The number of Topliss-reactive ketones (excluding diaryl/α,β-unsaturated/α-hetero) is 1. The summed E-state index contributed by atoms with van der Waals surface area (Å²) in [6.45, 7) is 1.66. The molecule has 0 radical (unpaired) electrons. The fraction of sp³-hybridized carbons (Fsp3) is 0.188. The van der Waals surface area contributed by atoms with E-state index in [9.17, 15) is 18.0 Å². The molecule has 0 saturated carbocycles. The monoisotopic (exact) mass is 463 g/mol. The summed E-state index contributed by atoms with van der Waals surface area (Å²) in [5.74, 6) is -0.169. The summed E-state index contributed by atoms with van der Waals surface area (Å²) in [6, 6.07) is 7.63. The molecular weight excluding hydrogens is 455 g/mol. The Labute approximate surface area is 163 Å². The number of carbonyl (C=O) groups excluding carboxylic acids is 1. The number of halogens is 5. The molecule has 0 aliphatic carbocycles. The van der Waals surface area contributed by atoms with Crippen molar-refractivity contribution in [3.63, 3.8) is 0 Å². The molecule has 1 unspecified atom stereocenters. The van der Waals surface area contributed by atoms with Crippen LogP contribution < -0.4 is 0 Å². The van der Waals surface area contributed by atoms with Crippen LogP contribution in [-0.2, 0) is 6.18 Å². The number of hydrogen-bond acceptors (Lipinski definition) is 4. The van der Waals surface area contributed by atoms with E-state index in [1.807, 2.05) is 0 Å². The number of aromatic nitrogens is 3. The molecule has 0 bridgehead atoms. The fourth-order valence-electron chi connectivity index (χ4n) is 2.23. The lowest BCUT2D eigenvalue weighted by atomic mass is 10.1.